The minimum atomic E-state index is -1.77. The lowest BCUT2D eigenvalue weighted by molar-refractivity contribution is -0.120. The minimum Gasteiger partial charge on any atom is -0.503 e. The first-order valence-electron chi connectivity index (χ1n) is 22.0. The van der Waals surface area contributed by atoms with E-state index in [4.69, 9.17) is 5.10 Å². The fourth-order valence-corrected chi connectivity index (χ4v) is 9.54. The van der Waals surface area contributed by atoms with Crippen molar-refractivity contribution in [1.82, 2.24) is 30.2 Å². The van der Waals surface area contributed by atoms with Gasteiger partial charge in [0.1, 0.15) is 0 Å². The number of hydrogen-bond acceptors (Lipinski definition) is 8. The van der Waals surface area contributed by atoms with E-state index < -0.39 is 40.7 Å². The van der Waals surface area contributed by atoms with E-state index in [1.165, 1.54) is 23.4 Å². The molecule has 330 valence electrons. The van der Waals surface area contributed by atoms with Crippen LogP contribution < -0.4 is 20.4 Å². The zero-order valence-electron chi connectivity index (χ0n) is 35.2. The third-order valence-corrected chi connectivity index (χ3v) is 13.4. The first kappa shape index (κ1) is 43.0. The summed E-state index contributed by atoms with van der Waals surface area (Å²) in [6.45, 7) is 8.93. The van der Waals surface area contributed by atoms with E-state index in [1.54, 1.807) is 6.07 Å². The number of nitrogens with one attached hydrogen (secondary N) is 2. The largest absolute Gasteiger partial charge is 0.503 e. The number of fused-ring (bicyclic) bond motifs is 1. The molecule has 3 saturated heterocycles. The van der Waals surface area contributed by atoms with Gasteiger partial charge in [-0.2, -0.15) is 9.49 Å². The summed E-state index contributed by atoms with van der Waals surface area (Å²) in [6.07, 6.45) is 11.1. The summed E-state index contributed by atoms with van der Waals surface area (Å²) in [5, 5.41) is 20.2. The van der Waals surface area contributed by atoms with Crippen LogP contribution in [0.25, 0.3) is 10.9 Å². The van der Waals surface area contributed by atoms with Gasteiger partial charge in [-0.25, -0.2) is 13.6 Å². The van der Waals surface area contributed by atoms with Crippen molar-refractivity contribution in [3.05, 3.63) is 82.8 Å². The molecular formula is C46H55F3N8O5. The highest BCUT2D eigenvalue weighted by Gasteiger charge is 2.30. The number of piperazine rings is 1. The van der Waals surface area contributed by atoms with Crippen LogP contribution in [0.4, 0.5) is 29.3 Å². The van der Waals surface area contributed by atoms with Crippen LogP contribution in [-0.2, 0) is 4.79 Å². The number of aromatic hydroxyl groups is 1. The van der Waals surface area contributed by atoms with Crippen molar-refractivity contribution in [2.75, 3.05) is 68.7 Å². The molecule has 0 atom stereocenters. The molecular weight excluding hydrogens is 802 g/mol. The van der Waals surface area contributed by atoms with Gasteiger partial charge in [-0.15, -0.1) is 0 Å². The molecule has 3 aromatic carbocycles. The number of carbonyl (C=O) groups is 4. The molecule has 13 nitrogen and oxygen atoms in total. The Hall–Kier alpha value is -5.64. The summed E-state index contributed by atoms with van der Waals surface area (Å²) >= 11 is 0. The molecule has 3 aliphatic heterocycles. The van der Waals surface area contributed by atoms with Gasteiger partial charge in [0.2, 0.25) is 11.7 Å². The number of phenolic OH excluding ortho intramolecular Hbond substituents is 1. The number of halogens is 3. The molecule has 1 saturated carbocycles. The highest BCUT2D eigenvalue weighted by atomic mass is 19.2. The molecule has 8 rings (SSSR count). The fourth-order valence-electron chi connectivity index (χ4n) is 9.54. The van der Waals surface area contributed by atoms with Gasteiger partial charge in [0.15, 0.2) is 17.4 Å². The zero-order chi connectivity index (χ0) is 43.5. The molecule has 0 radical (unpaired) electrons. The molecule has 0 spiro atoms. The van der Waals surface area contributed by atoms with Gasteiger partial charge in [0, 0.05) is 87.3 Å². The summed E-state index contributed by atoms with van der Waals surface area (Å²) < 4.78 is 43.7. The number of phenols is 1. The summed E-state index contributed by atoms with van der Waals surface area (Å²) in [4.78, 5) is 58.5. The predicted molar refractivity (Wildman–Crippen MR) is 229 cm³/mol. The number of rotatable bonds is 12. The molecule has 4 heterocycles. The second kappa shape index (κ2) is 18.8. The van der Waals surface area contributed by atoms with Gasteiger partial charge < -0.3 is 20.2 Å². The first-order valence-corrected chi connectivity index (χ1v) is 22.0. The molecule has 4 fully saturated rings. The Kier molecular flexibility index (Phi) is 13.0. The second-order valence-corrected chi connectivity index (χ2v) is 17.4. The van der Waals surface area contributed by atoms with Crippen LogP contribution >= 0.6 is 0 Å². The van der Waals surface area contributed by atoms with Crippen LogP contribution in [0.3, 0.4) is 0 Å². The predicted octanol–water partition coefficient (Wildman–Crippen LogP) is 6.92. The van der Waals surface area contributed by atoms with Crippen molar-refractivity contribution in [1.29, 1.82) is 0 Å². The smallest absolute Gasteiger partial charge is 0.328 e. The number of aryl methyl sites for hydroxylation is 1. The maximum absolute atomic E-state index is 14.1. The topological polar surface area (TPSA) is 143 Å². The van der Waals surface area contributed by atoms with Crippen molar-refractivity contribution in [2.24, 2.45) is 11.8 Å². The van der Waals surface area contributed by atoms with Gasteiger partial charge in [0.25, 0.3) is 11.8 Å². The average molecular weight is 857 g/mol. The van der Waals surface area contributed by atoms with Crippen LogP contribution in [-0.4, -0.2) is 107 Å². The molecule has 1 aliphatic carbocycles. The Morgan fingerprint density at radius 1 is 0.855 bits per heavy atom. The van der Waals surface area contributed by atoms with Gasteiger partial charge >= 0.3 is 6.03 Å². The van der Waals surface area contributed by atoms with Gasteiger partial charge in [-0.3, -0.25) is 34.2 Å². The van der Waals surface area contributed by atoms with E-state index >= 15 is 0 Å². The SMILES string of the molecule is Cc1ccc(C(=O)N2CCC(CCCCN3CCN(c4ccc5cn([C@H]6CC[C@H](CNC(=O)c7cc(F)c(O)c(F)c7F)CC6)nc5c4)CC3)CC2)cc1N1CCC(=O)NC1=O. The first-order chi connectivity index (χ1) is 29.9. The Morgan fingerprint density at radius 2 is 1.61 bits per heavy atom. The van der Waals surface area contributed by atoms with E-state index in [2.05, 4.69) is 44.8 Å². The number of imide groups is 1. The maximum Gasteiger partial charge on any atom is 0.328 e. The van der Waals surface area contributed by atoms with E-state index in [9.17, 15) is 37.5 Å². The molecule has 0 unspecified atom stereocenters. The van der Waals surface area contributed by atoms with Crippen LogP contribution in [0.1, 0.15) is 96.5 Å². The maximum atomic E-state index is 14.1. The van der Waals surface area contributed by atoms with Crippen molar-refractivity contribution >= 4 is 46.0 Å². The van der Waals surface area contributed by atoms with Gasteiger partial charge in [-0.05, 0) is 112 Å². The van der Waals surface area contributed by atoms with E-state index in [0.29, 0.717) is 29.8 Å². The lowest BCUT2D eigenvalue weighted by Gasteiger charge is -2.36. The molecule has 3 N–H and O–H groups in total. The molecule has 4 aliphatic rings. The van der Waals surface area contributed by atoms with Gasteiger partial charge in [-0.1, -0.05) is 18.9 Å². The highest BCUT2D eigenvalue weighted by Crippen LogP contribution is 2.34. The lowest BCUT2D eigenvalue weighted by atomic mass is 9.86. The molecule has 5 amide bonds. The molecule has 62 heavy (non-hydrogen) atoms. The standard InChI is InChI=1S/C46H55F3N8O5/c1-29-5-8-32(24-39(29)56-19-15-40(58)51-46(56)62)45(61)55-17-13-30(14-18-55)4-2-3-16-53-20-22-54(23-21-53)35-12-9-33-28-57(52-38(33)25-35)34-10-6-31(7-11-34)27-50-44(60)36-26-37(47)43(59)42(49)41(36)48/h5,8-9,12,24-26,28,30-31,34,59H,2-4,6-7,10-11,13-23,27H2,1H3,(H,50,60)(H,51,58,62)/t31-,34-. The number of hydrogen-bond donors (Lipinski definition) is 3. The number of benzene rings is 3. The Labute approximate surface area is 359 Å². The third kappa shape index (κ3) is 9.54. The Balaban J connectivity index is 0.726. The lowest BCUT2D eigenvalue weighted by Crippen LogP contribution is -2.49. The van der Waals surface area contributed by atoms with Gasteiger partial charge in [0.05, 0.1) is 17.1 Å². The van der Waals surface area contributed by atoms with Crippen LogP contribution in [0.5, 0.6) is 5.75 Å². The number of carbonyl (C=O) groups excluding carboxylic acids is 4. The molecule has 0 bridgehead atoms. The number of amides is 5. The quantitative estimate of drug-likeness (QED) is 0.103. The average Bonchev–Trinajstić information content (AvgIpc) is 3.72. The van der Waals surface area contributed by atoms with Crippen molar-refractivity contribution in [3.63, 3.8) is 0 Å². The van der Waals surface area contributed by atoms with Crippen LogP contribution in [0, 0.1) is 36.2 Å². The number of urea groups is 1. The van der Waals surface area contributed by atoms with E-state index in [-0.39, 0.29) is 36.7 Å². The van der Waals surface area contributed by atoms with Crippen molar-refractivity contribution in [3.8, 4) is 5.75 Å². The molecule has 16 heteroatoms. The Bertz CT molecular complexity index is 2310. The fraction of sp³-hybridized carbons (Fsp3) is 0.500. The number of aromatic nitrogens is 2. The summed E-state index contributed by atoms with van der Waals surface area (Å²) in [6, 6.07) is 12.2. The number of piperidine rings is 1. The van der Waals surface area contributed by atoms with E-state index in [1.807, 2.05) is 28.6 Å². The minimum absolute atomic E-state index is 0.0127. The number of unbranched alkanes of at least 4 members (excludes halogenated alkanes) is 1. The number of likely N-dealkylation sites (tertiary alicyclic amines) is 1. The normalized spacial score (nSPS) is 20.5. The van der Waals surface area contributed by atoms with Crippen LogP contribution in [0.2, 0.25) is 0 Å². The van der Waals surface area contributed by atoms with E-state index in [0.717, 1.165) is 107 Å². The van der Waals surface area contributed by atoms with Crippen LogP contribution in [0.15, 0.2) is 48.7 Å². The zero-order valence-corrected chi connectivity index (χ0v) is 35.2. The molecule has 4 aromatic rings. The summed E-state index contributed by atoms with van der Waals surface area (Å²) in [5.74, 6) is -6.64. The summed E-state index contributed by atoms with van der Waals surface area (Å²) in [5.41, 5.74) is 3.47. The monoisotopic (exact) mass is 856 g/mol. The number of nitrogens with zero attached hydrogens (tertiary/aromatic N) is 6. The highest BCUT2D eigenvalue weighted by molar-refractivity contribution is 6.06. The van der Waals surface area contributed by atoms with Crippen molar-refractivity contribution in [2.45, 2.75) is 77.2 Å². The number of anilines is 2. The van der Waals surface area contributed by atoms with Crippen molar-refractivity contribution < 1.29 is 37.5 Å². The molecule has 1 aromatic heterocycles. The Morgan fingerprint density at radius 3 is 2.35 bits per heavy atom. The third-order valence-electron chi connectivity index (χ3n) is 13.4. The second-order valence-electron chi connectivity index (χ2n) is 17.4. The summed E-state index contributed by atoms with van der Waals surface area (Å²) in [7, 11) is 0.